The predicted octanol–water partition coefficient (Wildman–Crippen LogP) is 3.51. The minimum absolute atomic E-state index is 0.262. The van der Waals surface area contributed by atoms with E-state index in [1.54, 1.807) is 6.07 Å². The largest absolute Gasteiger partial charge is 0.508 e. The van der Waals surface area contributed by atoms with Crippen molar-refractivity contribution < 1.29 is 5.11 Å². The van der Waals surface area contributed by atoms with E-state index in [0.29, 0.717) is 5.75 Å². The maximum Gasteiger partial charge on any atom is 0.120 e. The Balaban J connectivity index is 2.55. The smallest absolute Gasteiger partial charge is 0.120 e. The van der Waals surface area contributed by atoms with Crippen molar-refractivity contribution >= 4 is 0 Å². The summed E-state index contributed by atoms with van der Waals surface area (Å²) in [4.78, 5) is 4.89. The van der Waals surface area contributed by atoms with Gasteiger partial charge in [-0.1, -0.05) is 39.0 Å². The Hall–Kier alpha value is -1.06. The molecule has 0 aliphatic heterocycles. The molecular formula is C17H30N2O. The van der Waals surface area contributed by atoms with Gasteiger partial charge in [0.2, 0.25) is 0 Å². The zero-order valence-corrected chi connectivity index (χ0v) is 13.5. The first-order valence-corrected chi connectivity index (χ1v) is 7.88. The number of rotatable bonds is 9. The van der Waals surface area contributed by atoms with Gasteiger partial charge < -0.3 is 10.0 Å². The SMILES string of the molecule is CCN(CC)CCCN(CC)C(C)c1ccccc1O. The molecule has 0 fully saturated rings. The second-order valence-electron chi connectivity index (χ2n) is 5.24. The normalized spacial score (nSPS) is 13.1. The fraction of sp³-hybridized carbons (Fsp3) is 0.647. The van der Waals surface area contributed by atoms with Gasteiger partial charge in [-0.15, -0.1) is 0 Å². The van der Waals surface area contributed by atoms with E-state index >= 15 is 0 Å². The number of para-hydroxylation sites is 1. The van der Waals surface area contributed by atoms with Gasteiger partial charge >= 0.3 is 0 Å². The molecule has 0 aromatic heterocycles. The second-order valence-corrected chi connectivity index (χ2v) is 5.24. The highest BCUT2D eigenvalue weighted by molar-refractivity contribution is 5.34. The maximum absolute atomic E-state index is 9.98. The molecule has 0 saturated heterocycles. The molecular weight excluding hydrogens is 248 g/mol. The molecule has 114 valence electrons. The minimum Gasteiger partial charge on any atom is -0.508 e. The summed E-state index contributed by atoms with van der Waals surface area (Å²) >= 11 is 0. The summed E-state index contributed by atoms with van der Waals surface area (Å²) in [5, 5.41) is 9.98. The lowest BCUT2D eigenvalue weighted by atomic mass is 10.1. The van der Waals surface area contributed by atoms with Gasteiger partial charge in [-0.2, -0.15) is 0 Å². The van der Waals surface area contributed by atoms with E-state index in [1.807, 2.05) is 18.2 Å². The average molecular weight is 278 g/mol. The van der Waals surface area contributed by atoms with Crippen molar-refractivity contribution in [1.29, 1.82) is 0 Å². The molecule has 20 heavy (non-hydrogen) atoms. The number of phenols is 1. The third-order valence-electron chi connectivity index (χ3n) is 4.15. The molecule has 0 aliphatic rings. The van der Waals surface area contributed by atoms with Crippen LogP contribution in [0.3, 0.4) is 0 Å². The highest BCUT2D eigenvalue weighted by Crippen LogP contribution is 2.27. The monoisotopic (exact) mass is 278 g/mol. The fourth-order valence-corrected chi connectivity index (χ4v) is 2.70. The Labute approximate surface area is 124 Å². The number of hydrogen-bond acceptors (Lipinski definition) is 3. The van der Waals surface area contributed by atoms with Crippen molar-refractivity contribution in [3.8, 4) is 5.75 Å². The van der Waals surface area contributed by atoms with Crippen LogP contribution in [0.15, 0.2) is 24.3 Å². The van der Waals surface area contributed by atoms with Crippen LogP contribution in [-0.4, -0.2) is 47.6 Å². The van der Waals surface area contributed by atoms with Crippen molar-refractivity contribution in [3.05, 3.63) is 29.8 Å². The standard InChI is InChI=1S/C17H30N2O/c1-5-18(6-2)13-10-14-19(7-3)15(4)16-11-8-9-12-17(16)20/h8-9,11-12,15,20H,5-7,10,13-14H2,1-4H3. The minimum atomic E-state index is 0.262. The molecule has 1 atom stereocenters. The summed E-state index contributed by atoms with van der Waals surface area (Å²) in [6, 6.07) is 7.93. The Kier molecular flexibility index (Phi) is 7.63. The van der Waals surface area contributed by atoms with Gasteiger partial charge in [-0.05, 0) is 52.1 Å². The van der Waals surface area contributed by atoms with Crippen LogP contribution in [0.4, 0.5) is 0 Å². The van der Waals surface area contributed by atoms with Gasteiger partial charge in [-0.25, -0.2) is 0 Å². The summed E-state index contributed by atoms with van der Waals surface area (Å²) in [7, 11) is 0. The summed E-state index contributed by atoms with van der Waals surface area (Å²) in [6.07, 6.45) is 1.17. The Morgan fingerprint density at radius 2 is 1.65 bits per heavy atom. The highest BCUT2D eigenvalue weighted by atomic mass is 16.3. The molecule has 1 unspecified atom stereocenters. The first-order valence-electron chi connectivity index (χ1n) is 7.88. The number of benzene rings is 1. The van der Waals surface area contributed by atoms with Crippen molar-refractivity contribution in [2.75, 3.05) is 32.7 Å². The highest BCUT2D eigenvalue weighted by Gasteiger charge is 2.16. The van der Waals surface area contributed by atoms with Gasteiger partial charge in [0, 0.05) is 11.6 Å². The van der Waals surface area contributed by atoms with Crippen LogP contribution >= 0.6 is 0 Å². The van der Waals surface area contributed by atoms with Crippen LogP contribution in [0.5, 0.6) is 5.75 Å². The lowest BCUT2D eigenvalue weighted by molar-refractivity contribution is 0.198. The summed E-state index contributed by atoms with van der Waals surface area (Å²) < 4.78 is 0. The summed E-state index contributed by atoms with van der Waals surface area (Å²) in [5.41, 5.74) is 1.03. The molecule has 1 rings (SSSR count). The number of hydrogen-bond donors (Lipinski definition) is 1. The van der Waals surface area contributed by atoms with Crippen LogP contribution in [0.2, 0.25) is 0 Å². The first-order chi connectivity index (χ1) is 9.63. The van der Waals surface area contributed by atoms with E-state index in [2.05, 4.69) is 37.5 Å². The van der Waals surface area contributed by atoms with E-state index < -0.39 is 0 Å². The number of nitrogens with zero attached hydrogens (tertiary/aromatic N) is 2. The van der Waals surface area contributed by atoms with Crippen LogP contribution in [0, 0.1) is 0 Å². The molecule has 0 heterocycles. The maximum atomic E-state index is 9.98. The number of aromatic hydroxyl groups is 1. The molecule has 0 spiro atoms. The molecule has 1 aromatic rings. The van der Waals surface area contributed by atoms with Crippen molar-refractivity contribution in [2.45, 2.75) is 40.2 Å². The van der Waals surface area contributed by atoms with E-state index in [9.17, 15) is 5.11 Å². The molecule has 3 nitrogen and oxygen atoms in total. The third kappa shape index (κ3) is 4.80. The molecule has 0 saturated carbocycles. The molecule has 0 bridgehead atoms. The van der Waals surface area contributed by atoms with Crippen LogP contribution in [0.25, 0.3) is 0 Å². The van der Waals surface area contributed by atoms with Gasteiger partial charge in [-0.3, -0.25) is 4.90 Å². The van der Waals surface area contributed by atoms with Crippen molar-refractivity contribution in [2.24, 2.45) is 0 Å². The van der Waals surface area contributed by atoms with Gasteiger partial charge in [0.25, 0.3) is 0 Å². The second kappa shape index (κ2) is 8.98. The van der Waals surface area contributed by atoms with E-state index in [4.69, 9.17) is 0 Å². The lowest BCUT2D eigenvalue weighted by Crippen LogP contribution is -2.31. The number of phenolic OH excluding ortho intramolecular Hbond substituents is 1. The zero-order valence-electron chi connectivity index (χ0n) is 13.5. The molecule has 1 N–H and O–H groups in total. The van der Waals surface area contributed by atoms with Crippen LogP contribution in [0.1, 0.15) is 45.7 Å². The Morgan fingerprint density at radius 1 is 1.00 bits per heavy atom. The predicted molar refractivity (Wildman–Crippen MR) is 86.2 cm³/mol. The average Bonchev–Trinajstić information content (AvgIpc) is 2.47. The molecule has 0 amide bonds. The fourth-order valence-electron chi connectivity index (χ4n) is 2.70. The lowest BCUT2D eigenvalue weighted by Gasteiger charge is -2.29. The Bertz CT molecular complexity index is 377. The molecule has 3 heteroatoms. The van der Waals surface area contributed by atoms with Crippen molar-refractivity contribution in [1.82, 2.24) is 9.80 Å². The molecule has 0 aliphatic carbocycles. The quantitative estimate of drug-likeness (QED) is 0.749. The third-order valence-corrected chi connectivity index (χ3v) is 4.15. The zero-order chi connectivity index (χ0) is 15.0. The molecule has 1 aromatic carbocycles. The van der Waals surface area contributed by atoms with E-state index in [1.165, 1.54) is 6.42 Å². The van der Waals surface area contributed by atoms with Gasteiger partial charge in [0.15, 0.2) is 0 Å². The Morgan fingerprint density at radius 3 is 2.20 bits per heavy atom. The first kappa shape index (κ1) is 17.0. The summed E-state index contributed by atoms with van der Waals surface area (Å²) in [5.74, 6) is 0.405. The van der Waals surface area contributed by atoms with E-state index in [-0.39, 0.29) is 6.04 Å². The van der Waals surface area contributed by atoms with Crippen LogP contribution < -0.4 is 0 Å². The van der Waals surface area contributed by atoms with Crippen molar-refractivity contribution in [3.63, 3.8) is 0 Å². The topological polar surface area (TPSA) is 26.7 Å². The van der Waals surface area contributed by atoms with Gasteiger partial charge in [0.1, 0.15) is 5.75 Å². The van der Waals surface area contributed by atoms with E-state index in [0.717, 1.165) is 38.3 Å². The van der Waals surface area contributed by atoms with Gasteiger partial charge in [0.05, 0.1) is 0 Å². The summed E-state index contributed by atoms with van der Waals surface area (Å²) in [6.45, 7) is 14.3. The molecule has 0 radical (unpaired) electrons. The van der Waals surface area contributed by atoms with Crippen LogP contribution in [-0.2, 0) is 0 Å².